The lowest BCUT2D eigenvalue weighted by Crippen LogP contribution is -2.31. The fraction of sp³-hybridized carbons (Fsp3) is 0.333. The number of rotatable bonds is 7. The summed E-state index contributed by atoms with van der Waals surface area (Å²) in [5.74, 6) is 0. The highest BCUT2D eigenvalue weighted by atomic mass is 32.2. The van der Waals surface area contributed by atoms with Crippen molar-refractivity contribution < 1.29 is 17.8 Å². The zero-order valence-corrected chi connectivity index (χ0v) is 13.7. The summed E-state index contributed by atoms with van der Waals surface area (Å²) >= 11 is 0. The number of furan rings is 1. The molecule has 0 bridgehead atoms. The van der Waals surface area contributed by atoms with E-state index in [1.807, 2.05) is 6.92 Å². The molecule has 7 nitrogen and oxygen atoms in total. The molecular formula is C15H18N2O5S. The topological polar surface area (TPSA) is 93.7 Å². The minimum atomic E-state index is -3.84. The molecule has 0 aliphatic rings. The largest absolute Gasteiger partial charge is 0.472 e. The molecule has 2 aromatic rings. The Morgan fingerprint density at radius 3 is 2.52 bits per heavy atom. The molecule has 23 heavy (non-hydrogen) atoms. The van der Waals surface area contributed by atoms with Crippen molar-refractivity contribution in [2.24, 2.45) is 0 Å². The number of hydrogen-bond donors (Lipinski definition) is 0. The maximum atomic E-state index is 12.9. The van der Waals surface area contributed by atoms with E-state index in [2.05, 4.69) is 0 Å². The van der Waals surface area contributed by atoms with Gasteiger partial charge in [0.15, 0.2) is 0 Å². The van der Waals surface area contributed by atoms with Crippen LogP contribution in [0.2, 0.25) is 0 Å². The van der Waals surface area contributed by atoms with Crippen LogP contribution in [0.15, 0.2) is 46.1 Å². The summed E-state index contributed by atoms with van der Waals surface area (Å²) in [5, 5.41) is 11.0. The lowest BCUT2D eigenvalue weighted by molar-refractivity contribution is -0.385. The smallest absolute Gasteiger partial charge is 0.270 e. The lowest BCUT2D eigenvalue weighted by Gasteiger charge is -2.21. The molecule has 0 aliphatic heterocycles. The van der Waals surface area contributed by atoms with Gasteiger partial charge in [0.05, 0.1) is 22.3 Å². The molecule has 124 valence electrons. The van der Waals surface area contributed by atoms with E-state index >= 15 is 0 Å². The van der Waals surface area contributed by atoms with E-state index < -0.39 is 14.9 Å². The van der Waals surface area contributed by atoms with Crippen molar-refractivity contribution in [3.05, 3.63) is 58.0 Å². The van der Waals surface area contributed by atoms with Gasteiger partial charge in [-0.2, -0.15) is 4.31 Å². The van der Waals surface area contributed by atoms with Crippen molar-refractivity contribution >= 4 is 15.7 Å². The van der Waals surface area contributed by atoms with Crippen LogP contribution in [0, 0.1) is 10.1 Å². The van der Waals surface area contributed by atoms with Crippen LogP contribution in [0.25, 0.3) is 0 Å². The van der Waals surface area contributed by atoms with Crippen LogP contribution in [-0.4, -0.2) is 24.2 Å². The quantitative estimate of drug-likeness (QED) is 0.571. The minimum absolute atomic E-state index is 0.0143. The Bertz CT molecular complexity index is 784. The van der Waals surface area contributed by atoms with Gasteiger partial charge in [0.1, 0.15) is 0 Å². The minimum Gasteiger partial charge on any atom is -0.472 e. The van der Waals surface area contributed by atoms with E-state index in [9.17, 15) is 18.5 Å². The Kier molecular flexibility index (Phi) is 5.17. The number of nitrogens with zero attached hydrogens (tertiary/aromatic N) is 2. The summed E-state index contributed by atoms with van der Waals surface area (Å²) in [6.45, 7) is 3.94. The van der Waals surface area contributed by atoms with E-state index in [1.165, 1.54) is 29.0 Å². The van der Waals surface area contributed by atoms with Gasteiger partial charge in [-0.15, -0.1) is 0 Å². The first-order chi connectivity index (χ1) is 10.9. The molecular weight excluding hydrogens is 320 g/mol. The second-order valence-corrected chi connectivity index (χ2v) is 6.87. The molecule has 0 N–H and O–H groups in total. The molecule has 8 heteroatoms. The van der Waals surface area contributed by atoms with Crippen molar-refractivity contribution in [1.82, 2.24) is 4.31 Å². The summed E-state index contributed by atoms with van der Waals surface area (Å²) in [5.41, 5.74) is 1.04. The van der Waals surface area contributed by atoms with Crippen molar-refractivity contribution in [2.45, 2.75) is 31.7 Å². The highest BCUT2D eigenvalue weighted by Crippen LogP contribution is 2.26. The molecule has 0 spiro atoms. The molecule has 1 heterocycles. The lowest BCUT2D eigenvalue weighted by atomic mass is 10.1. The molecule has 0 saturated carbocycles. The third-order valence-electron chi connectivity index (χ3n) is 3.55. The molecule has 2 rings (SSSR count). The van der Waals surface area contributed by atoms with E-state index in [0.717, 1.165) is 11.6 Å². The van der Waals surface area contributed by atoms with Gasteiger partial charge in [0.2, 0.25) is 10.0 Å². The number of benzene rings is 1. The molecule has 0 amide bonds. The zero-order valence-electron chi connectivity index (χ0n) is 12.9. The molecule has 1 aromatic carbocycles. The molecule has 0 unspecified atom stereocenters. The molecule has 0 atom stereocenters. The average molecular weight is 338 g/mol. The van der Waals surface area contributed by atoms with Gasteiger partial charge in [-0.05, 0) is 18.1 Å². The van der Waals surface area contributed by atoms with Crippen LogP contribution in [0.5, 0.6) is 0 Å². The molecule has 0 saturated heterocycles. The Balaban J connectivity index is 2.47. The van der Waals surface area contributed by atoms with E-state index in [0.29, 0.717) is 12.0 Å². The fourth-order valence-electron chi connectivity index (χ4n) is 2.28. The van der Waals surface area contributed by atoms with Gasteiger partial charge >= 0.3 is 0 Å². The van der Waals surface area contributed by atoms with Crippen LogP contribution in [0.1, 0.15) is 25.0 Å². The summed E-state index contributed by atoms with van der Waals surface area (Å²) in [7, 11) is -3.84. The molecule has 0 radical (unpaired) electrons. The van der Waals surface area contributed by atoms with E-state index in [1.54, 1.807) is 13.0 Å². The van der Waals surface area contributed by atoms with E-state index in [4.69, 9.17) is 4.42 Å². The maximum absolute atomic E-state index is 12.9. The third kappa shape index (κ3) is 3.59. The second-order valence-electron chi connectivity index (χ2n) is 4.97. The summed E-state index contributed by atoms with van der Waals surface area (Å²) in [6, 6.07) is 5.64. The van der Waals surface area contributed by atoms with Crippen molar-refractivity contribution in [1.29, 1.82) is 0 Å². The Morgan fingerprint density at radius 2 is 2.00 bits per heavy atom. The first kappa shape index (κ1) is 17.2. The van der Waals surface area contributed by atoms with Crippen molar-refractivity contribution in [3.63, 3.8) is 0 Å². The van der Waals surface area contributed by atoms with Gasteiger partial charge in [-0.1, -0.05) is 19.9 Å². The number of sulfonamides is 1. The summed E-state index contributed by atoms with van der Waals surface area (Å²) in [6.07, 6.45) is 3.42. The number of non-ortho nitro benzene ring substituents is 1. The second kappa shape index (κ2) is 6.93. The number of nitro benzene ring substituents is 1. The van der Waals surface area contributed by atoms with Crippen molar-refractivity contribution in [2.75, 3.05) is 6.54 Å². The first-order valence-electron chi connectivity index (χ1n) is 7.18. The van der Waals surface area contributed by atoms with Crippen LogP contribution in [0.3, 0.4) is 0 Å². The van der Waals surface area contributed by atoms with Gasteiger partial charge in [-0.25, -0.2) is 8.42 Å². The maximum Gasteiger partial charge on any atom is 0.270 e. The summed E-state index contributed by atoms with van der Waals surface area (Å²) < 4.78 is 32.1. The SMILES string of the molecule is CCc1ccc([N+](=O)[O-])cc1S(=O)(=O)N(CC)Cc1ccoc1. The van der Waals surface area contributed by atoms with Crippen LogP contribution < -0.4 is 0 Å². The van der Waals surface area contributed by atoms with Gasteiger partial charge in [0.25, 0.3) is 5.69 Å². The third-order valence-corrected chi connectivity index (χ3v) is 5.56. The highest BCUT2D eigenvalue weighted by Gasteiger charge is 2.27. The van der Waals surface area contributed by atoms with E-state index in [-0.39, 0.29) is 23.7 Å². The van der Waals surface area contributed by atoms with Crippen LogP contribution in [0.4, 0.5) is 5.69 Å². The molecule has 0 fully saturated rings. The molecule has 0 aliphatic carbocycles. The van der Waals surface area contributed by atoms with Crippen molar-refractivity contribution in [3.8, 4) is 0 Å². The average Bonchev–Trinajstić information content (AvgIpc) is 3.04. The predicted octanol–water partition coefficient (Wildman–Crippen LogP) is 2.96. The Labute approximate surface area is 134 Å². The zero-order chi connectivity index (χ0) is 17.0. The van der Waals surface area contributed by atoms with Crippen LogP contribution in [-0.2, 0) is 23.0 Å². The standard InChI is InChI=1S/C15H18N2O5S/c1-3-13-5-6-14(17(18)19)9-15(13)23(20,21)16(4-2)10-12-7-8-22-11-12/h5-9,11H,3-4,10H2,1-2H3. The first-order valence-corrected chi connectivity index (χ1v) is 8.62. The fourth-order valence-corrected chi connectivity index (χ4v) is 4.03. The Hall–Kier alpha value is -2.19. The predicted molar refractivity (Wildman–Crippen MR) is 84.5 cm³/mol. The number of hydrogen-bond acceptors (Lipinski definition) is 5. The highest BCUT2D eigenvalue weighted by molar-refractivity contribution is 7.89. The molecule has 1 aromatic heterocycles. The van der Waals surface area contributed by atoms with Gasteiger partial charge in [-0.3, -0.25) is 10.1 Å². The Morgan fingerprint density at radius 1 is 1.26 bits per heavy atom. The van der Waals surface area contributed by atoms with Gasteiger partial charge < -0.3 is 4.42 Å². The normalized spacial score (nSPS) is 11.8. The number of nitro groups is 1. The van der Waals surface area contributed by atoms with Gasteiger partial charge in [0, 0.05) is 30.8 Å². The number of aryl methyl sites for hydroxylation is 1. The van der Waals surface area contributed by atoms with Crippen LogP contribution >= 0.6 is 0 Å². The monoisotopic (exact) mass is 338 g/mol. The summed E-state index contributed by atoms with van der Waals surface area (Å²) in [4.78, 5) is 10.4.